The van der Waals surface area contributed by atoms with E-state index in [1.807, 2.05) is 20.8 Å². The number of nitrogens with one attached hydrogen (secondary N) is 1. The molecule has 1 heterocycles. The lowest BCUT2D eigenvalue weighted by Crippen LogP contribution is -2.41. The van der Waals surface area contributed by atoms with Crippen LogP contribution in [0, 0.1) is 5.92 Å². The molecular weight excluding hydrogens is 500 g/mol. The molecule has 3 N–H and O–H groups in total. The van der Waals surface area contributed by atoms with Crippen molar-refractivity contribution in [3.8, 4) is 11.5 Å². The van der Waals surface area contributed by atoms with Crippen molar-refractivity contribution in [3.63, 3.8) is 0 Å². The molecule has 0 unspecified atom stereocenters. The topological polar surface area (TPSA) is 169 Å². The third kappa shape index (κ3) is 11.1. The van der Waals surface area contributed by atoms with Crippen molar-refractivity contribution in [1.82, 2.24) is 10.2 Å². The van der Waals surface area contributed by atoms with Crippen LogP contribution in [0.1, 0.15) is 63.2 Å². The molecule has 1 saturated heterocycles. The van der Waals surface area contributed by atoms with Gasteiger partial charge in [-0.15, -0.1) is 0 Å². The van der Waals surface area contributed by atoms with Crippen molar-refractivity contribution < 1.29 is 48.4 Å². The highest BCUT2D eigenvalue weighted by Gasteiger charge is 2.26. The van der Waals surface area contributed by atoms with Gasteiger partial charge in [0.15, 0.2) is 30.5 Å². The molecule has 12 heteroatoms. The summed E-state index contributed by atoms with van der Waals surface area (Å²) in [5.41, 5.74) is -0.385. The van der Waals surface area contributed by atoms with Crippen molar-refractivity contribution in [1.29, 1.82) is 0 Å². The number of amides is 2. The smallest absolute Gasteiger partial charge is 0.410 e. The number of hydrogen-bond donors (Lipinski definition) is 3. The lowest BCUT2D eigenvalue weighted by Gasteiger charge is -2.33. The molecule has 0 spiro atoms. The van der Waals surface area contributed by atoms with Crippen LogP contribution in [-0.2, 0) is 19.1 Å². The average Bonchev–Trinajstić information content (AvgIpc) is 2.84. The van der Waals surface area contributed by atoms with E-state index >= 15 is 0 Å². The third-order valence-electron chi connectivity index (χ3n) is 5.70. The Labute approximate surface area is 221 Å². The standard InChI is InChI=1S/C26H36N2O10/c1-26(2,3)38-25(35)28-11-9-17(10-12-28)5-4-6-22(30)27-14-19(29)18-7-8-20(36-15-23(31)32)21(13-18)37-16-24(33)34/h7-8,13,17H,4-6,9-12,14-16H2,1-3H3,(H,27,30)(H,31,32)(H,33,34). The monoisotopic (exact) mass is 536 g/mol. The Morgan fingerprint density at radius 3 is 2.16 bits per heavy atom. The van der Waals surface area contributed by atoms with Gasteiger partial charge in [0.1, 0.15) is 5.60 Å². The summed E-state index contributed by atoms with van der Waals surface area (Å²) < 4.78 is 15.6. The van der Waals surface area contributed by atoms with Gasteiger partial charge in [-0.25, -0.2) is 14.4 Å². The number of likely N-dealkylation sites (tertiary alicyclic amines) is 1. The SMILES string of the molecule is CC(C)(C)OC(=O)N1CCC(CCCC(=O)NCC(=O)c2ccc(OCC(=O)O)c(OCC(=O)O)c2)CC1. The predicted octanol–water partition coefficient (Wildman–Crippen LogP) is 2.73. The van der Waals surface area contributed by atoms with Crippen LogP contribution in [0.4, 0.5) is 4.79 Å². The second-order valence-electron chi connectivity index (χ2n) is 10.0. The first-order valence-corrected chi connectivity index (χ1v) is 12.4. The van der Waals surface area contributed by atoms with Crippen molar-refractivity contribution in [3.05, 3.63) is 23.8 Å². The Balaban J connectivity index is 1.76. The van der Waals surface area contributed by atoms with Crippen LogP contribution in [0.3, 0.4) is 0 Å². The highest BCUT2D eigenvalue weighted by molar-refractivity contribution is 5.99. The Morgan fingerprint density at radius 1 is 0.974 bits per heavy atom. The first-order chi connectivity index (χ1) is 17.8. The van der Waals surface area contributed by atoms with Gasteiger partial charge in [0.2, 0.25) is 5.91 Å². The normalized spacial score (nSPS) is 13.9. The number of ketones is 1. The molecule has 0 bridgehead atoms. The lowest BCUT2D eigenvalue weighted by atomic mass is 9.91. The molecule has 1 aliphatic heterocycles. The van der Waals surface area contributed by atoms with Crippen LogP contribution >= 0.6 is 0 Å². The number of benzene rings is 1. The fourth-order valence-corrected chi connectivity index (χ4v) is 3.84. The summed E-state index contributed by atoms with van der Waals surface area (Å²) >= 11 is 0. The summed E-state index contributed by atoms with van der Waals surface area (Å²) in [5.74, 6) is -2.90. The zero-order valence-electron chi connectivity index (χ0n) is 22.0. The van der Waals surface area contributed by atoms with Gasteiger partial charge >= 0.3 is 18.0 Å². The van der Waals surface area contributed by atoms with Gasteiger partial charge < -0.3 is 34.6 Å². The quantitative estimate of drug-likeness (QED) is 0.319. The molecule has 1 fully saturated rings. The molecule has 0 radical (unpaired) electrons. The summed E-state index contributed by atoms with van der Waals surface area (Å²) in [5, 5.41) is 20.2. The maximum absolute atomic E-state index is 12.5. The van der Waals surface area contributed by atoms with Crippen LogP contribution in [0.2, 0.25) is 0 Å². The molecule has 2 rings (SSSR count). The minimum absolute atomic E-state index is 0.0221. The predicted molar refractivity (Wildman–Crippen MR) is 134 cm³/mol. The van der Waals surface area contributed by atoms with Gasteiger partial charge in [-0.05, 0) is 70.6 Å². The van der Waals surface area contributed by atoms with E-state index < -0.39 is 36.5 Å². The van der Waals surface area contributed by atoms with Gasteiger partial charge in [0.05, 0.1) is 6.54 Å². The number of piperidine rings is 1. The number of hydrogen-bond acceptors (Lipinski definition) is 8. The van der Waals surface area contributed by atoms with Gasteiger partial charge in [0, 0.05) is 25.1 Å². The second-order valence-corrected chi connectivity index (χ2v) is 10.0. The number of carboxylic acid groups (broad SMARTS) is 2. The zero-order valence-corrected chi connectivity index (χ0v) is 22.0. The summed E-state index contributed by atoms with van der Waals surface area (Å²) in [4.78, 5) is 60.2. The van der Waals surface area contributed by atoms with Crippen molar-refractivity contribution in [2.24, 2.45) is 5.92 Å². The maximum Gasteiger partial charge on any atom is 0.410 e. The van der Waals surface area contributed by atoms with Gasteiger partial charge in [-0.3, -0.25) is 9.59 Å². The highest BCUT2D eigenvalue weighted by atomic mass is 16.6. The van der Waals surface area contributed by atoms with Gasteiger partial charge in [0.25, 0.3) is 0 Å². The van der Waals surface area contributed by atoms with E-state index in [2.05, 4.69) is 5.32 Å². The molecule has 12 nitrogen and oxygen atoms in total. The third-order valence-corrected chi connectivity index (χ3v) is 5.70. The van der Waals surface area contributed by atoms with E-state index in [1.165, 1.54) is 18.2 Å². The first-order valence-electron chi connectivity index (χ1n) is 12.4. The molecular formula is C26H36N2O10. The molecule has 0 atom stereocenters. The minimum atomic E-state index is -1.26. The van der Waals surface area contributed by atoms with Crippen LogP contribution in [0.15, 0.2) is 18.2 Å². The van der Waals surface area contributed by atoms with Crippen molar-refractivity contribution in [2.75, 3.05) is 32.8 Å². The Bertz CT molecular complexity index is 1010. The number of ether oxygens (including phenoxy) is 3. The fraction of sp³-hybridized carbons (Fsp3) is 0.577. The van der Waals surface area contributed by atoms with Crippen LogP contribution < -0.4 is 14.8 Å². The minimum Gasteiger partial charge on any atom is -0.479 e. The molecule has 2 amide bonds. The van der Waals surface area contributed by atoms with E-state index in [4.69, 9.17) is 24.4 Å². The summed E-state index contributed by atoms with van der Waals surface area (Å²) in [6.07, 6.45) is 3.14. The number of carbonyl (C=O) groups excluding carboxylic acids is 3. The second kappa shape index (κ2) is 14.2. The van der Waals surface area contributed by atoms with E-state index in [0.717, 1.165) is 19.3 Å². The molecule has 0 aliphatic carbocycles. The Morgan fingerprint density at radius 2 is 1.58 bits per heavy atom. The number of carbonyl (C=O) groups is 5. The highest BCUT2D eigenvalue weighted by Crippen LogP contribution is 2.29. The van der Waals surface area contributed by atoms with Crippen molar-refractivity contribution >= 4 is 29.7 Å². The largest absolute Gasteiger partial charge is 0.479 e. The van der Waals surface area contributed by atoms with E-state index in [0.29, 0.717) is 25.4 Å². The Kier molecular flexibility index (Phi) is 11.4. The first kappa shape index (κ1) is 30.4. The molecule has 38 heavy (non-hydrogen) atoms. The average molecular weight is 537 g/mol. The van der Waals surface area contributed by atoms with Gasteiger partial charge in [-0.1, -0.05) is 0 Å². The molecule has 210 valence electrons. The number of aliphatic carboxylic acids is 2. The van der Waals surface area contributed by atoms with E-state index in [9.17, 15) is 24.0 Å². The number of carboxylic acids is 2. The fourth-order valence-electron chi connectivity index (χ4n) is 3.84. The van der Waals surface area contributed by atoms with Gasteiger partial charge in [-0.2, -0.15) is 0 Å². The molecule has 1 aliphatic rings. The molecule has 0 aromatic heterocycles. The van der Waals surface area contributed by atoms with Crippen molar-refractivity contribution in [2.45, 2.75) is 58.5 Å². The molecule has 1 aromatic rings. The lowest BCUT2D eigenvalue weighted by molar-refractivity contribution is -0.140. The van der Waals surface area contributed by atoms with E-state index in [1.54, 1.807) is 4.90 Å². The van der Waals surface area contributed by atoms with Crippen LogP contribution in [0.5, 0.6) is 11.5 Å². The van der Waals surface area contributed by atoms with E-state index in [-0.39, 0.29) is 42.0 Å². The Hall–Kier alpha value is -3.83. The zero-order chi connectivity index (χ0) is 28.3. The number of Topliss-reactive ketones (excluding diaryl/α,β-unsaturated/α-hetero) is 1. The maximum atomic E-state index is 12.5. The number of nitrogens with zero attached hydrogens (tertiary/aromatic N) is 1. The summed E-state index contributed by atoms with van der Waals surface area (Å²) in [6, 6.07) is 3.94. The molecule has 0 saturated carbocycles. The number of rotatable bonds is 13. The summed E-state index contributed by atoms with van der Waals surface area (Å²) in [7, 11) is 0. The van der Waals surface area contributed by atoms with Crippen LogP contribution in [-0.4, -0.2) is 83.3 Å². The van der Waals surface area contributed by atoms with Crippen LogP contribution in [0.25, 0.3) is 0 Å². The molecule has 1 aromatic carbocycles. The summed E-state index contributed by atoms with van der Waals surface area (Å²) in [6.45, 7) is 5.10.